The molecule has 0 aliphatic carbocycles. The van der Waals surface area contributed by atoms with E-state index in [-0.39, 0.29) is 11.7 Å². The minimum atomic E-state index is -4.39. The van der Waals surface area contributed by atoms with Gasteiger partial charge in [0.15, 0.2) is 0 Å². The largest absolute Gasteiger partial charge is 0.416 e. The van der Waals surface area contributed by atoms with Gasteiger partial charge in [0.25, 0.3) is 5.89 Å². The highest BCUT2D eigenvalue weighted by molar-refractivity contribution is 5.63. The van der Waals surface area contributed by atoms with Gasteiger partial charge in [0.2, 0.25) is 11.6 Å². The Morgan fingerprint density at radius 1 is 0.893 bits per heavy atom. The van der Waals surface area contributed by atoms with Crippen molar-refractivity contribution in [1.82, 2.24) is 25.1 Å². The third-order valence-electron chi connectivity index (χ3n) is 3.90. The van der Waals surface area contributed by atoms with Crippen LogP contribution in [0.15, 0.2) is 59.4 Å². The molecule has 0 bridgehead atoms. The lowest BCUT2D eigenvalue weighted by Gasteiger charge is -2.08. The van der Waals surface area contributed by atoms with Crippen molar-refractivity contribution in [3.05, 3.63) is 66.1 Å². The molecule has 0 unspecified atom stereocenters. The molecular formula is C19H12F3N5O. The second kappa shape index (κ2) is 6.84. The van der Waals surface area contributed by atoms with Crippen LogP contribution in [0.4, 0.5) is 13.2 Å². The molecule has 0 fully saturated rings. The smallest absolute Gasteiger partial charge is 0.330 e. The first-order chi connectivity index (χ1) is 13.4. The summed E-state index contributed by atoms with van der Waals surface area (Å²) in [6.45, 7) is 1.75. The maximum absolute atomic E-state index is 12.8. The van der Waals surface area contributed by atoms with E-state index < -0.39 is 11.7 Å². The van der Waals surface area contributed by atoms with Crippen LogP contribution in [0.25, 0.3) is 34.4 Å². The lowest BCUT2D eigenvalue weighted by atomic mass is 10.1. The standard InChI is InChI=1S/C19H12F3N5O/c1-11-9-15(12-4-6-14(7-5-12)19(20,21)22)25-17(24-11)18-26-16(27-28-18)13-3-2-8-23-10-13/h2-10H,1H3. The molecule has 0 aliphatic heterocycles. The van der Waals surface area contributed by atoms with Gasteiger partial charge in [0.1, 0.15) is 0 Å². The van der Waals surface area contributed by atoms with E-state index in [4.69, 9.17) is 4.52 Å². The number of hydrogen-bond acceptors (Lipinski definition) is 6. The summed E-state index contributed by atoms with van der Waals surface area (Å²) in [5.41, 5.74) is 1.54. The number of nitrogens with zero attached hydrogens (tertiary/aromatic N) is 5. The molecule has 0 saturated carbocycles. The van der Waals surface area contributed by atoms with Crippen LogP contribution >= 0.6 is 0 Å². The monoisotopic (exact) mass is 383 g/mol. The molecule has 0 N–H and O–H groups in total. The molecule has 4 aromatic rings. The van der Waals surface area contributed by atoms with Crippen LogP contribution in [0.3, 0.4) is 0 Å². The molecule has 0 aliphatic rings. The first-order valence-electron chi connectivity index (χ1n) is 8.18. The van der Waals surface area contributed by atoms with Crippen LogP contribution < -0.4 is 0 Å². The summed E-state index contributed by atoms with van der Waals surface area (Å²) in [4.78, 5) is 16.9. The van der Waals surface area contributed by atoms with Crippen molar-refractivity contribution in [2.24, 2.45) is 0 Å². The van der Waals surface area contributed by atoms with Crippen molar-refractivity contribution in [2.75, 3.05) is 0 Å². The van der Waals surface area contributed by atoms with E-state index >= 15 is 0 Å². The minimum Gasteiger partial charge on any atom is -0.330 e. The molecular weight excluding hydrogens is 371 g/mol. The van der Waals surface area contributed by atoms with Crippen molar-refractivity contribution in [1.29, 1.82) is 0 Å². The minimum absolute atomic E-state index is 0.107. The van der Waals surface area contributed by atoms with Gasteiger partial charge in [-0.15, -0.1) is 0 Å². The third-order valence-corrected chi connectivity index (χ3v) is 3.90. The summed E-state index contributed by atoms with van der Waals surface area (Å²) in [5, 5.41) is 3.90. The fraction of sp³-hybridized carbons (Fsp3) is 0.105. The quantitative estimate of drug-likeness (QED) is 0.515. The number of aromatic nitrogens is 5. The molecule has 140 valence electrons. The Kier molecular flexibility index (Phi) is 4.34. The first kappa shape index (κ1) is 17.8. The number of aryl methyl sites for hydroxylation is 1. The normalized spacial score (nSPS) is 11.6. The highest BCUT2D eigenvalue weighted by Crippen LogP contribution is 2.31. The number of benzene rings is 1. The summed E-state index contributed by atoms with van der Waals surface area (Å²) >= 11 is 0. The molecule has 9 heteroatoms. The van der Waals surface area contributed by atoms with Crippen molar-refractivity contribution < 1.29 is 17.7 Å². The number of hydrogen-bond donors (Lipinski definition) is 0. The highest BCUT2D eigenvalue weighted by Gasteiger charge is 2.30. The zero-order chi connectivity index (χ0) is 19.7. The predicted molar refractivity (Wildman–Crippen MR) is 93.7 cm³/mol. The zero-order valence-electron chi connectivity index (χ0n) is 14.5. The summed E-state index contributed by atoms with van der Waals surface area (Å²) < 4.78 is 43.5. The van der Waals surface area contributed by atoms with Gasteiger partial charge in [-0.1, -0.05) is 17.3 Å². The molecule has 0 atom stereocenters. The Bertz CT molecular complexity index is 1110. The third kappa shape index (κ3) is 3.59. The van der Waals surface area contributed by atoms with E-state index in [0.717, 1.165) is 12.1 Å². The first-order valence-corrected chi connectivity index (χ1v) is 8.18. The van der Waals surface area contributed by atoms with Gasteiger partial charge in [-0.3, -0.25) is 4.98 Å². The van der Waals surface area contributed by atoms with Crippen molar-refractivity contribution in [3.8, 4) is 34.4 Å². The Morgan fingerprint density at radius 2 is 1.68 bits per heavy atom. The SMILES string of the molecule is Cc1cc(-c2ccc(C(F)(F)F)cc2)nc(-c2nc(-c3cccnc3)no2)n1. The molecule has 4 rings (SSSR count). The van der Waals surface area contributed by atoms with Gasteiger partial charge >= 0.3 is 6.18 Å². The molecule has 28 heavy (non-hydrogen) atoms. The van der Waals surface area contributed by atoms with Gasteiger partial charge in [-0.25, -0.2) is 9.97 Å². The Labute approximate surface area is 157 Å². The van der Waals surface area contributed by atoms with Crippen LogP contribution in [0.5, 0.6) is 0 Å². The van der Waals surface area contributed by atoms with E-state index in [1.807, 2.05) is 0 Å². The van der Waals surface area contributed by atoms with E-state index in [2.05, 4.69) is 25.1 Å². The summed E-state index contributed by atoms with van der Waals surface area (Å²) in [7, 11) is 0. The molecule has 6 nitrogen and oxygen atoms in total. The van der Waals surface area contributed by atoms with Crippen LogP contribution in [-0.4, -0.2) is 25.1 Å². The molecule has 0 saturated heterocycles. The average molecular weight is 383 g/mol. The topological polar surface area (TPSA) is 77.6 Å². The van der Waals surface area contributed by atoms with Gasteiger partial charge in [-0.05, 0) is 37.3 Å². The lowest BCUT2D eigenvalue weighted by Crippen LogP contribution is -2.04. The molecule has 0 radical (unpaired) electrons. The number of alkyl halides is 3. The van der Waals surface area contributed by atoms with Crippen LogP contribution in [0, 0.1) is 6.92 Å². The Morgan fingerprint density at radius 3 is 2.36 bits per heavy atom. The van der Waals surface area contributed by atoms with Gasteiger partial charge in [0.05, 0.1) is 11.3 Å². The average Bonchev–Trinajstić information content (AvgIpc) is 3.18. The second-order valence-corrected chi connectivity index (χ2v) is 5.96. The lowest BCUT2D eigenvalue weighted by molar-refractivity contribution is -0.137. The number of halogens is 3. The second-order valence-electron chi connectivity index (χ2n) is 5.96. The van der Waals surface area contributed by atoms with Crippen molar-refractivity contribution in [3.63, 3.8) is 0 Å². The van der Waals surface area contributed by atoms with Crippen molar-refractivity contribution >= 4 is 0 Å². The zero-order valence-corrected chi connectivity index (χ0v) is 14.5. The van der Waals surface area contributed by atoms with E-state index in [1.165, 1.54) is 12.1 Å². The molecule has 0 spiro atoms. The fourth-order valence-corrected chi connectivity index (χ4v) is 2.57. The van der Waals surface area contributed by atoms with E-state index in [0.29, 0.717) is 28.3 Å². The molecule has 0 amide bonds. The predicted octanol–water partition coefficient (Wildman–Crippen LogP) is 4.58. The summed E-state index contributed by atoms with van der Waals surface area (Å²) in [6, 6.07) is 9.96. The Hall–Kier alpha value is -3.62. The van der Waals surface area contributed by atoms with Crippen LogP contribution in [0.2, 0.25) is 0 Å². The molecule has 3 heterocycles. The number of rotatable bonds is 3. The van der Waals surface area contributed by atoms with E-state index in [9.17, 15) is 13.2 Å². The molecule has 3 aromatic heterocycles. The maximum atomic E-state index is 12.8. The summed E-state index contributed by atoms with van der Waals surface area (Å²) in [5.74, 6) is 0.637. The van der Waals surface area contributed by atoms with Crippen molar-refractivity contribution in [2.45, 2.75) is 13.1 Å². The van der Waals surface area contributed by atoms with E-state index in [1.54, 1.807) is 37.5 Å². The van der Waals surface area contributed by atoms with Gasteiger partial charge < -0.3 is 4.52 Å². The van der Waals surface area contributed by atoms with Gasteiger partial charge in [0, 0.05) is 29.2 Å². The highest BCUT2D eigenvalue weighted by atomic mass is 19.4. The maximum Gasteiger partial charge on any atom is 0.416 e. The Balaban J connectivity index is 1.69. The summed E-state index contributed by atoms with van der Waals surface area (Å²) in [6.07, 6.45) is -1.17. The van der Waals surface area contributed by atoms with Crippen LogP contribution in [-0.2, 0) is 6.18 Å². The van der Waals surface area contributed by atoms with Crippen LogP contribution in [0.1, 0.15) is 11.3 Å². The molecule has 1 aromatic carbocycles. The fourth-order valence-electron chi connectivity index (χ4n) is 2.57. The number of pyridine rings is 1. The van der Waals surface area contributed by atoms with Gasteiger partial charge in [-0.2, -0.15) is 18.2 Å².